The topological polar surface area (TPSA) is 64.0 Å². The van der Waals surface area contributed by atoms with E-state index in [1.807, 2.05) is 32.0 Å². The number of carbonyl (C=O) groups is 1. The molecule has 0 fully saturated rings. The Morgan fingerprint density at radius 1 is 1.07 bits per heavy atom. The molecule has 3 aromatic rings. The first-order valence-corrected chi connectivity index (χ1v) is 8.75. The molecule has 0 radical (unpaired) electrons. The Balaban J connectivity index is 1.76. The third-order valence-electron chi connectivity index (χ3n) is 4.45. The molecule has 2 aromatic carbocycles. The normalized spacial score (nSPS) is 11.3. The zero-order chi connectivity index (χ0) is 21.2. The zero-order valence-corrected chi connectivity index (χ0v) is 15.7. The Morgan fingerprint density at radius 3 is 2.24 bits per heavy atom. The van der Waals surface area contributed by atoms with Crippen LogP contribution < -0.4 is 10.9 Å². The molecule has 1 N–H and O–H groups in total. The van der Waals surface area contributed by atoms with E-state index in [-0.39, 0.29) is 18.1 Å². The van der Waals surface area contributed by atoms with Crippen LogP contribution in [0.2, 0.25) is 0 Å². The highest BCUT2D eigenvalue weighted by molar-refractivity contribution is 5.92. The largest absolute Gasteiger partial charge is 0.416 e. The summed E-state index contributed by atoms with van der Waals surface area (Å²) in [5, 5.41) is 2.79. The van der Waals surface area contributed by atoms with Crippen LogP contribution in [0.1, 0.15) is 16.7 Å². The Bertz CT molecular complexity index is 1080. The predicted octanol–water partition coefficient (Wildman–Crippen LogP) is 4.18. The van der Waals surface area contributed by atoms with E-state index in [1.165, 1.54) is 24.5 Å². The first kappa shape index (κ1) is 20.3. The second-order valence-electron chi connectivity index (χ2n) is 6.63. The van der Waals surface area contributed by atoms with E-state index in [1.54, 1.807) is 0 Å². The van der Waals surface area contributed by atoms with Crippen molar-refractivity contribution in [1.29, 1.82) is 0 Å². The predicted molar refractivity (Wildman–Crippen MR) is 103 cm³/mol. The molecule has 5 nitrogen and oxygen atoms in total. The molecule has 3 rings (SSSR count). The highest BCUT2D eigenvalue weighted by atomic mass is 19.4. The Morgan fingerprint density at radius 2 is 1.69 bits per heavy atom. The highest BCUT2D eigenvalue weighted by Crippen LogP contribution is 2.30. The number of nitrogens with zero attached hydrogens (tertiary/aromatic N) is 2. The van der Waals surface area contributed by atoms with Crippen LogP contribution in [0.5, 0.6) is 0 Å². The van der Waals surface area contributed by atoms with Gasteiger partial charge in [0.1, 0.15) is 6.54 Å². The van der Waals surface area contributed by atoms with Gasteiger partial charge in [0.25, 0.3) is 5.56 Å². The van der Waals surface area contributed by atoms with Gasteiger partial charge >= 0.3 is 6.18 Å². The zero-order valence-electron chi connectivity index (χ0n) is 15.7. The SMILES string of the molecule is Cc1cccc(C)c1NC(=O)Cn1cnc(-c2ccc(C(F)(F)F)cc2)cc1=O. The molecule has 29 heavy (non-hydrogen) atoms. The summed E-state index contributed by atoms with van der Waals surface area (Å²) in [6.45, 7) is 3.51. The summed E-state index contributed by atoms with van der Waals surface area (Å²) in [6, 6.07) is 11.2. The number of hydrogen-bond donors (Lipinski definition) is 1. The van der Waals surface area contributed by atoms with E-state index in [2.05, 4.69) is 10.3 Å². The van der Waals surface area contributed by atoms with Crippen LogP contribution >= 0.6 is 0 Å². The Labute approximate surface area is 164 Å². The average molecular weight is 401 g/mol. The number of aromatic nitrogens is 2. The lowest BCUT2D eigenvalue weighted by Crippen LogP contribution is -2.27. The summed E-state index contributed by atoms with van der Waals surface area (Å²) in [6.07, 6.45) is -3.22. The van der Waals surface area contributed by atoms with Gasteiger partial charge in [0.15, 0.2) is 0 Å². The van der Waals surface area contributed by atoms with Crippen molar-refractivity contribution in [2.45, 2.75) is 26.6 Å². The standard InChI is InChI=1S/C21H18F3N3O2/c1-13-4-3-5-14(2)20(13)26-18(28)11-27-12-25-17(10-19(27)29)15-6-8-16(9-7-15)21(22,23)24/h3-10,12H,11H2,1-2H3,(H,26,28). The number of aryl methyl sites for hydroxylation is 2. The molecule has 0 bridgehead atoms. The number of nitrogens with one attached hydrogen (secondary N) is 1. The van der Waals surface area contributed by atoms with Crippen molar-refractivity contribution >= 4 is 11.6 Å². The summed E-state index contributed by atoms with van der Waals surface area (Å²) in [7, 11) is 0. The summed E-state index contributed by atoms with van der Waals surface area (Å²) < 4.78 is 39.1. The minimum atomic E-state index is -4.43. The fourth-order valence-electron chi connectivity index (χ4n) is 2.88. The number of hydrogen-bond acceptors (Lipinski definition) is 3. The maximum atomic E-state index is 12.7. The van der Waals surface area contributed by atoms with E-state index in [4.69, 9.17) is 0 Å². The van der Waals surface area contributed by atoms with Crippen LogP contribution in [0.25, 0.3) is 11.3 Å². The number of carbonyl (C=O) groups excluding carboxylic acids is 1. The number of benzene rings is 2. The molecule has 8 heteroatoms. The van der Waals surface area contributed by atoms with Gasteiger partial charge in [0, 0.05) is 17.3 Å². The lowest BCUT2D eigenvalue weighted by molar-refractivity contribution is -0.137. The van der Waals surface area contributed by atoms with Gasteiger partial charge < -0.3 is 5.32 Å². The van der Waals surface area contributed by atoms with Crippen molar-refractivity contribution in [2.24, 2.45) is 0 Å². The first-order chi connectivity index (χ1) is 13.6. The van der Waals surface area contributed by atoms with E-state index in [0.717, 1.165) is 27.8 Å². The minimum absolute atomic E-state index is 0.229. The number of halogens is 3. The van der Waals surface area contributed by atoms with Gasteiger partial charge in [-0.25, -0.2) is 4.98 Å². The smallest absolute Gasteiger partial charge is 0.324 e. The first-order valence-electron chi connectivity index (χ1n) is 8.75. The monoisotopic (exact) mass is 401 g/mol. The lowest BCUT2D eigenvalue weighted by Gasteiger charge is -2.12. The minimum Gasteiger partial charge on any atom is -0.324 e. The van der Waals surface area contributed by atoms with Gasteiger partial charge in [0.2, 0.25) is 5.91 Å². The molecule has 0 unspecified atom stereocenters. The number of alkyl halides is 3. The maximum absolute atomic E-state index is 12.7. The van der Waals surface area contributed by atoms with Crippen molar-refractivity contribution in [3.8, 4) is 11.3 Å². The van der Waals surface area contributed by atoms with E-state index in [0.29, 0.717) is 11.3 Å². The second kappa shape index (κ2) is 7.90. The number of anilines is 1. The third kappa shape index (κ3) is 4.71. The van der Waals surface area contributed by atoms with Crippen LogP contribution in [0, 0.1) is 13.8 Å². The van der Waals surface area contributed by atoms with Crippen LogP contribution in [0.4, 0.5) is 18.9 Å². The molecule has 1 aromatic heterocycles. The van der Waals surface area contributed by atoms with Crippen LogP contribution in [0.15, 0.2) is 59.7 Å². The molecule has 1 heterocycles. The molecule has 150 valence electrons. The van der Waals surface area contributed by atoms with Gasteiger partial charge in [-0.05, 0) is 37.1 Å². The van der Waals surface area contributed by atoms with Crippen LogP contribution in [0.3, 0.4) is 0 Å². The summed E-state index contributed by atoms with van der Waals surface area (Å²) in [5.41, 5.74) is 1.85. The van der Waals surface area contributed by atoms with Crippen molar-refractivity contribution in [3.63, 3.8) is 0 Å². The Hall–Kier alpha value is -3.42. The van der Waals surface area contributed by atoms with E-state index >= 15 is 0 Å². The summed E-state index contributed by atoms with van der Waals surface area (Å²) in [4.78, 5) is 28.7. The molecular formula is C21H18F3N3O2. The Kier molecular flexibility index (Phi) is 5.54. The van der Waals surface area contributed by atoms with Gasteiger partial charge in [0.05, 0.1) is 17.6 Å². The number of amides is 1. The second-order valence-corrected chi connectivity index (χ2v) is 6.63. The van der Waals surface area contributed by atoms with E-state index in [9.17, 15) is 22.8 Å². The molecular weight excluding hydrogens is 383 g/mol. The molecule has 0 aliphatic heterocycles. The highest BCUT2D eigenvalue weighted by Gasteiger charge is 2.30. The van der Waals surface area contributed by atoms with Crippen LogP contribution in [-0.4, -0.2) is 15.5 Å². The van der Waals surface area contributed by atoms with Crippen molar-refractivity contribution in [2.75, 3.05) is 5.32 Å². The van der Waals surface area contributed by atoms with Gasteiger partial charge in [-0.2, -0.15) is 13.2 Å². The van der Waals surface area contributed by atoms with E-state index < -0.39 is 17.3 Å². The van der Waals surface area contributed by atoms with Crippen molar-refractivity contribution in [1.82, 2.24) is 9.55 Å². The summed E-state index contributed by atoms with van der Waals surface area (Å²) in [5.74, 6) is -0.381. The molecule has 0 atom stereocenters. The lowest BCUT2D eigenvalue weighted by atomic mass is 10.1. The number of para-hydroxylation sites is 1. The van der Waals surface area contributed by atoms with Gasteiger partial charge in [-0.1, -0.05) is 30.3 Å². The molecule has 0 spiro atoms. The molecule has 1 amide bonds. The van der Waals surface area contributed by atoms with Crippen molar-refractivity contribution in [3.05, 3.63) is 81.9 Å². The third-order valence-corrected chi connectivity index (χ3v) is 4.45. The quantitative estimate of drug-likeness (QED) is 0.713. The molecule has 0 aliphatic rings. The van der Waals surface area contributed by atoms with Crippen molar-refractivity contribution < 1.29 is 18.0 Å². The van der Waals surface area contributed by atoms with Gasteiger partial charge in [-0.3, -0.25) is 14.2 Å². The van der Waals surface area contributed by atoms with Gasteiger partial charge in [-0.15, -0.1) is 0 Å². The van der Waals surface area contributed by atoms with Crippen LogP contribution in [-0.2, 0) is 17.5 Å². The molecule has 0 saturated carbocycles. The molecule has 0 aliphatic carbocycles. The average Bonchev–Trinajstić information content (AvgIpc) is 2.66. The molecule has 0 saturated heterocycles. The summed E-state index contributed by atoms with van der Waals surface area (Å²) >= 11 is 0. The maximum Gasteiger partial charge on any atom is 0.416 e. The fourth-order valence-corrected chi connectivity index (χ4v) is 2.88. The number of rotatable bonds is 4. The fraction of sp³-hybridized carbons (Fsp3) is 0.190.